The Labute approximate surface area is 142 Å². The quantitative estimate of drug-likeness (QED) is 0.738. The van der Waals surface area contributed by atoms with Crippen molar-refractivity contribution in [1.82, 2.24) is 9.55 Å². The van der Waals surface area contributed by atoms with E-state index >= 15 is 0 Å². The minimum absolute atomic E-state index is 0.300. The highest BCUT2D eigenvalue weighted by Gasteiger charge is 2.07. The van der Waals surface area contributed by atoms with E-state index in [2.05, 4.69) is 37.6 Å². The summed E-state index contributed by atoms with van der Waals surface area (Å²) in [6, 6.07) is 15.1. The number of aromatic carboxylic acids is 1. The van der Waals surface area contributed by atoms with Crippen LogP contribution in [0.4, 0.5) is 0 Å². The molecule has 1 N–H and O–H groups in total. The lowest BCUT2D eigenvalue weighted by atomic mass is 10.1. The summed E-state index contributed by atoms with van der Waals surface area (Å²) in [5, 5.41) is 8.94. The summed E-state index contributed by atoms with van der Waals surface area (Å²) in [7, 11) is 0. The molecule has 2 aromatic carbocycles. The Morgan fingerprint density at radius 3 is 2.61 bits per heavy atom. The fraction of sp³-hybridized carbons (Fsp3) is 0.111. The van der Waals surface area contributed by atoms with Gasteiger partial charge in [0.05, 0.1) is 5.56 Å². The number of hydrogen-bond donors (Lipinski definition) is 1. The van der Waals surface area contributed by atoms with Crippen molar-refractivity contribution in [2.75, 3.05) is 0 Å². The molecule has 0 unspecified atom stereocenters. The third-order valence-corrected chi connectivity index (χ3v) is 4.10. The Kier molecular flexibility index (Phi) is 4.57. The first-order chi connectivity index (χ1) is 11.1. The zero-order chi connectivity index (χ0) is 16.2. The van der Waals surface area contributed by atoms with E-state index in [0.717, 1.165) is 22.3 Å². The second kappa shape index (κ2) is 6.79. The van der Waals surface area contributed by atoms with Crippen LogP contribution in [0, 0.1) is 0 Å². The van der Waals surface area contributed by atoms with Gasteiger partial charge in [-0.25, -0.2) is 9.78 Å². The summed E-state index contributed by atoms with van der Waals surface area (Å²) in [5.74, 6) is 0.0694. The number of aromatic nitrogens is 2. The van der Waals surface area contributed by atoms with E-state index in [-0.39, 0.29) is 0 Å². The van der Waals surface area contributed by atoms with Crippen LogP contribution in [0.1, 0.15) is 27.3 Å². The van der Waals surface area contributed by atoms with Crippen molar-refractivity contribution in [3.05, 3.63) is 87.9 Å². The average Bonchev–Trinajstić information content (AvgIpc) is 2.95. The van der Waals surface area contributed by atoms with Gasteiger partial charge < -0.3 is 9.67 Å². The molecule has 0 atom stereocenters. The lowest BCUT2D eigenvalue weighted by Crippen LogP contribution is -2.05. The van der Waals surface area contributed by atoms with E-state index < -0.39 is 5.97 Å². The number of imidazole rings is 1. The highest BCUT2D eigenvalue weighted by Crippen LogP contribution is 2.15. The Bertz CT molecular complexity index is 825. The van der Waals surface area contributed by atoms with E-state index in [1.54, 1.807) is 18.3 Å². The second-order valence-electron chi connectivity index (χ2n) is 5.28. The van der Waals surface area contributed by atoms with Crippen molar-refractivity contribution in [1.29, 1.82) is 0 Å². The molecule has 1 aromatic heterocycles. The second-order valence-corrected chi connectivity index (χ2v) is 6.20. The molecular formula is C18H15BrN2O2. The molecule has 0 fully saturated rings. The Morgan fingerprint density at radius 2 is 1.91 bits per heavy atom. The molecule has 0 saturated carbocycles. The van der Waals surface area contributed by atoms with Gasteiger partial charge in [0.25, 0.3) is 0 Å². The average molecular weight is 371 g/mol. The maximum atomic E-state index is 10.9. The Balaban J connectivity index is 1.77. The van der Waals surface area contributed by atoms with Crippen molar-refractivity contribution < 1.29 is 9.90 Å². The van der Waals surface area contributed by atoms with Gasteiger partial charge in [0, 0.05) is 29.8 Å². The molecule has 0 amide bonds. The van der Waals surface area contributed by atoms with Crippen LogP contribution in [0.25, 0.3) is 0 Å². The summed E-state index contributed by atoms with van der Waals surface area (Å²) < 4.78 is 3.13. The highest BCUT2D eigenvalue weighted by atomic mass is 79.9. The molecular weight excluding hydrogens is 356 g/mol. The fourth-order valence-electron chi connectivity index (χ4n) is 2.43. The highest BCUT2D eigenvalue weighted by molar-refractivity contribution is 9.10. The molecule has 0 saturated heterocycles. The minimum atomic E-state index is -0.908. The topological polar surface area (TPSA) is 55.1 Å². The molecule has 23 heavy (non-hydrogen) atoms. The van der Waals surface area contributed by atoms with Gasteiger partial charge in [0.2, 0.25) is 0 Å². The van der Waals surface area contributed by atoms with Crippen molar-refractivity contribution in [3.8, 4) is 0 Å². The van der Waals surface area contributed by atoms with Crippen LogP contribution < -0.4 is 0 Å². The Hall–Kier alpha value is -2.40. The van der Waals surface area contributed by atoms with Gasteiger partial charge in [0.15, 0.2) is 0 Å². The van der Waals surface area contributed by atoms with Crippen LogP contribution in [0.3, 0.4) is 0 Å². The van der Waals surface area contributed by atoms with Gasteiger partial charge in [-0.3, -0.25) is 0 Å². The third kappa shape index (κ3) is 3.87. The maximum Gasteiger partial charge on any atom is 0.335 e. The first-order valence-corrected chi connectivity index (χ1v) is 7.98. The monoisotopic (exact) mass is 370 g/mol. The number of hydrogen-bond acceptors (Lipinski definition) is 2. The van der Waals surface area contributed by atoms with E-state index in [9.17, 15) is 4.79 Å². The number of carboxylic acids is 1. The van der Waals surface area contributed by atoms with E-state index in [1.165, 1.54) is 5.56 Å². The molecule has 116 valence electrons. The molecule has 1 heterocycles. The van der Waals surface area contributed by atoms with Crippen LogP contribution >= 0.6 is 15.9 Å². The van der Waals surface area contributed by atoms with Gasteiger partial charge in [-0.2, -0.15) is 0 Å². The van der Waals surface area contributed by atoms with Crippen LogP contribution in [0.15, 0.2) is 65.4 Å². The maximum absolute atomic E-state index is 10.9. The number of benzene rings is 2. The summed E-state index contributed by atoms with van der Waals surface area (Å²) >= 11 is 3.48. The number of carbonyl (C=O) groups is 1. The van der Waals surface area contributed by atoms with Gasteiger partial charge >= 0.3 is 5.97 Å². The minimum Gasteiger partial charge on any atom is -0.478 e. The van der Waals surface area contributed by atoms with Crippen LogP contribution in [0.2, 0.25) is 0 Å². The standard InChI is InChI=1S/C18H15BrN2O2/c19-16-3-1-2-14(10-16)11-17-20-8-9-21(17)12-13-4-6-15(7-5-13)18(22)23/h1-10H,11-12H2,(H,22,23). The van der Waals surface area contributed by atoms with Crippen molar-refractivity contribution in [2.45, 2.75) is 13.0 Å². The van der Waals surface area contributed by atoms with E-state index in [1.807, 2.05) is 30.5 Å². The lowest BCUT2D eigenvalue weighted by molar-refractivity contribution is 0.0697. The van der Waals surface area contributed by atoms with E-state index in [0.29, 0.717) is 12.1 Å². The normalized spacial score (nSPS) is 10.7. The molecule has 4 nitrogen and oxygen atoms in total. The molecule has 0 radical (unpaired) electrons. The number of rotatable bonds is 5. The predicted molar refractivity (Wildman–Crippen MR) is 91.7 cm³/mol. The zero-order valence-electron chi connectivity index (χ0n) is 12.3. The van der Waals surface area contributed by atoms with Crippen LogP contribution in [0.5, 0.6) is 0 Å². The molecule has 0 bridgehead atoms. The summed E-state index contributed by atoms with van der Waals surface area (Å²) in [5.41, 5.74) is 2.53. The van der Waals surface area contributed by atoms with Crippen molar-refractivity contribution in [3.63, 3.8) is 0 Å². The first-order valence-electron chi connectivity index (χ1n) is 7.18. The molecule has 3 aromatic rings. The smallest absolute Gasteiger partial charge is 0.335 e. The molecule has 0 aliphatic heterocycles. The van der Waals surface area contributed by atoms with Gasteiger partial charge in [0.1, 0.15) is 5.82 Å². The SMILES string of the molecule is O=C(O)c1ccc(Cn2ccnc2Cc2cccc(Br)c2)cc1. The molecule has 0 aliphatic carbocycles. The van der Waals surface area contributed by atoms with Crippen molar-refractivity contribution in [2.24, 2.45) is 0 Å². The number of halogens is 1. The van der Waals surface area contributed by atoms with Crippen LogP contribution in [-0.2, 0) is 13.0 Å². The molecule has 5 heteroatoms. The molecule has 0 aliphatic rings. The first kappa shape index (κ1) is 15.5. The Morgan fingerprint density at radius 1 is 1.13 bits per heavy atom. The van der Waals surface area contributed by atoms with Crippen molar-refractivity contribution >= 4 is 21.9 Å². The predicted octanol–water partition coefficient (Wildman–Crippen LogP) is 3.98. The van der Waals surface area contributed by atoms with Crippen LogP contribution in [-0.4, -0.2) is 20.6 Å². The summed E-state index contributed by atoms with van der Waals surface area (Å²) in [6.45, 7) is 0.670. The third-order valence-electron chi connectivity index (χ3n) is 3.61. The largest absolute Gasteiger partial charge is 0.478 e. The summed E-state index contributed by atoms with van der Waals surface area (Å²) in [6.07, 6.45) is 4.48. The fourth-order valence-corrected chi connectivity index (χ4v) is 2.88. The van der Waals surface area contributed by atoms with Gasteiger partial charge in [-0.15, -0.1) is 0 Å². The molecule has 3 rings (SSSR count). The number of carboxylic acid groups (broad SMARTS) is 1. The van der Waals surface area contributed by atoms with Gasteiger partial charge in [-0.05, 0) is 35.4 Å². The summed E-state index contributed by atoms with van der Waals surface area (Å²) in [4.78, 5) is 15.3. The van der Waals surface area contributed by atoms with Gasteiger partial charge in [-0.1, -0.05) is 40.2 Å². The zero-order valence-corrected chi connectivity index (χ0v) is 13.9. The number of nitrogens with zero attached hydrogens (tertiary/aromatic N) is 2. The lowest BCUT2D eigenvalue weighted by Gasteiger charge is -2.09. The molecule has 0 spiro atoms. The van der Waals surface area contributed by atoms with E-state index in [4.69, 9.17) is 5.11 Å².